The van der Waals surface area contributed by atoms with Gasteiger partial charge >= 0.3 is 7.82 Å². The molecule has 1 aromatic carbocycles. The highest BCUT2D eigenvalue weighted by Crippen LogP contribution is 2.25. The fourth-order valence-corrected chi connectivity index (χ4v) is 0.807. The topological polar surface area (TPSA) is 107 Å². The Hall–Kier alpha value is -0.430. The predicted octanol–water partition coefficient (Wildman–Crippen LogP) is 0.748. The van der Waals surface area contributed by atoms with Crippen molar-refractivity contribution >= 4 is 29.7 Å². The fraction of sp³-hybridized carbons (Fsp3) is 0. The predicted molar refractivity (Wildman–Crippen MR) is 56.3 cm³/mol. The second-order valence-corrected chi connectivity index (χ2v) is 3.95. The number of halogens is 1. The summed E-state index contributed by atoms with van der Waals surface area (Å²) >= 11 is 3.09. The van der Waals surface area contributed by atoms with E-state index in [-0.39, 0.29) is 0 Å². The first-order valence-electron chi connectivity index (χ1n) is 3.34. The van der Waals surface area contributed by atoms with Gasteiger partial charge in [0.15, 0.2) is 0 Å². The Labute approximate surface area is 89.5 Å². The molecule has 1 rings (SSSR count). The van der Waals surface area contributed by atoms with Crippen LogP contribution in [0.3, 0.4) is 0 Å². The Morgan fingerprint density at radius 2 is 1.57 bits per heavy atom. The molecular formula is C6H10BrN2O4P. The summed E-state index contributed by atoms with van der Waals surface area (Å²) in [6.45, 7) is 0. The van der Waals surface area contributed by atoms with E-state index >= 15 is 0 Å². The van der Waals surface area contributed by atoms with Crippen LogP contribution >= 0.6 is 24.0 Å². The first kappa shape index (κ1) is 13.6. The van der Waals surface area contributed by atoms with E-state index in [2.05, 4.69) is 16.1 Å². The van der Waals surface area contributed by atoms with Crippen LogP contribution in [-0.4, -0.2) is 14.7 Å². The third-order valence-corrected chi connectivity index (χ3v) is 1.41. The summed E-state index contributed by atoms with van der Waals surface area (Å²) in [7, 11) is -4.64. The number of para-hydroxylation sites is 1. The zero-order valence-corrected chi connectivity index (χ0v) is 9.47. The number of nitrogens with two attached hydrogens (primary N) is 1. The van der Waals surface area contributed by atoms with E-state index < -0.39 is 7.82 Å². The van der Waals surface area contributed by atoms with Gasteiger partial charge in [0.25, 0.3) is 0 Å². The summed E-state index contributed by atoms with van der Waals surface area (Å²) in [6.07, 6.45) is 0. The minimum atomic E-state index is -4.64. The second kappa shape index (κ2) is 6.13. The minimum absolute atomic E-state index is 0.942. The zero-order chi connectivity index (χ0) is 11.2. The van der Waals surface area contributed by atoms with Crippen LogP contribution in [0.5, 0.6) is 0 Å². The molecule has 0 atom stereocenters. The SMILES string of the molecule is NN(Br)c1ccccc1.O=P(O)(O)O. The Morgan fingerprint density at radius 3 is 1.79 bits per heavy atom. The van der Waals surface area contributed by atoms with Gasteiger partial charge in [0.1, 0.15) is 0 Å². The van der Waals surface area contributed by atoms with Crippen molar-refractivity contribution in [2.45, 2.75) is 0 Å². The van der Waals surface area contributed by atoms with Crippen molar-refractivity contribution in [3.05, 3.63) is 30.3 Å². The Balaban J connectivity index is 0.000000292. The highest BCUT2D eigenvalue weighted by atomic mass is 79.9. The van der Waals surface area contributed by atoms with Gasteiger partial charge < -0.3 is 14.7 Å². The van der Waals surface area contributed by atoms with Gasteiger partial charge in [-0.3, -0.25) is 0 Å². The molecule has 8 heteroatoms. The van der Waals surface area contributed by atoms with Gasteiger partial charge in [-0.05, 0) is 12.1 Å². The molecule has 0 aliphatic carbocycles. The summed E-state index contributed by atoms with van der Waals surface area (Å²) < 4.78 is 10.3. The molecule has 0 saturated heterocycles. The van der Waals surface area contributed by atoms with Crippen molar-refractivity contribution in [2.75, 3.05) is 4.03 Å². The van der Waals surface area contributed by atoms with E-state index in [1.165, 1.54) is 4.03 Å². The van der Waals surface area contributed by atoms with Crippen LogP contribution in [-0.2, 0) is 4.57 Å². The van der Waals surface area contributed by atoms with Crippen molar-refractivity contribution in [1.82, 2.24) is 0 Å². The number of nitrogens with zero attached hydrogens (tertiary/aromatic N) is 1. The summed E-state index contributed by atoms with van der Waals surface area (Å²) in [5.41, 5.74) is 0.942. The lowest BCUT2D eigenvalue weighted by molar-refractivity contribution is 0.275. The van der Waals surface area contributed by atoms with Gasteiger partial charge in [-0.15, -0.1) is 0 Å². The van der Waals surface area contributed by atoms with Gasteiger partial charge in [0, 0.05) is 0 Å². The number of benzene rings is 1. The minimum Gasteiger partial charge on any atom is -0.303 e. The molecule has 0 amide bonds. The van der Waals surface area contributed by atoms with Crippen LogP contribution in [0.4, 0.5) is 5.69 Å². The zero-order valence-electron chi connectivity index (χ0n) is 6.99. The lowest BCUT2D eigenvalue weighted by Gasteiger charge is -2.06. The fourth-order valence-electron chi connectivity index (χ4n) is 0.570. The highest BCUT2D eigenvalue weighted by Gasteiger charge is 2.00. The van der Waals surface area contributed by atoms with Crippen molar-refractivity contribution in [3.8, 4) is 0 Å². The molecule has 0 aromatic heterocycles. The number of phosphoric acid groups is 1. The number of hydrogen-bond acceptors (Lipinski definition) is 3. The maximum absolute atomic E-state index is 8.88. The van der Waals surface area contributed by atoms with Crippen molar-refractivity contribution in [1.29, 1.82) is 0 Å². The summed E-state index contributed by atoms with van der Waals surface area (Å²) in [5, 5.41) is 0. The van der Waals surface area contributed by atoms with Gasteiger partial charge in [0.05, 0.1) is 21.8 Å². The van der Waals surface area contributed by atoms with Crippen LogP contribution in [0.15, 0.2) is 30.3 Å². The van der Waals surface area contributed by atoms with Crippen molar-refractivity contribution in [2.24, 2.45) is 5.84 Å². The van der Waals surface area contributed by atoms with Gasteiger partial charge in [0.2, 0.25) is 0 Å². The third kappa shape index (κ3) is 9.66. The van der Waals surface area contributed by atoms with Crippen LogP contribution in [0.25, 0.3) is 0 Å². The first-order valence-corrected chi connectivity index (χ1v) is 5.62. The maximum atomic E-state index is 8.88. The molecule has 0 spiro atoms. The molecule has 0 aliphatic heterocycles. The number of anilines is 1. The first-order chi connectivity index (χ1) is 6.30. The van der Waals surface area contributed by atoms with E-state index in [0.717, 1.165) is 5.69 Å². The molecule has 0 aliphatic rings. The summed E-state index contributed by atoms with van der Waals surface area (Å²) in [5.74, 6) is 5.36. The van der Waals surface area contributed by atoms with Gasteiger partial charge in [-0.25, -0.2) is 14.4 Å². The van der Waals surface area contributed by atoms with Crippen LogP contribution < -0.4 is 9.88 Å². The maximum Gasteiger partial charge on any atom is 0.466 e. The van der Waals surface area contributed by atoms with Crippen molar-refractivity contribution < 1.29 is 19.2 Å². The van der Waals surface area contributed by atoms with Gasteiger partial charge in [-0.2, -0.15) is 0 Å². The molecule has 0 bridgehead atoms. The molecule has 6 nitrogen and oxygen atoms in total. The standard InChI is InChI=1S/C6H7BrN2.H3O4P/c7-9(8)6-4-2-1-3-5-6;1-5(2,3)4/h1-5H,8H2;(H3,1,2,3,4). The van der Waals surface area contributed by atoms with Crippen molar-refractivity contribution in [3.63, 3.8) is 0 Å². The molecule has 14 heavy (non-hydrogen) atoms. The largest absolute Gasteiger partial charge is 0.466 e. The summed E-state index contributed by atoms with van der Waals surface area (Å²) in [6, 6.07) is 9.62. The molecule has 0 saturated carbocycles. The van der Waals surface area contributed by atoms with Gasteiger partial charge in [-0.1, -0.05) is 18.2 Å². The average Bonchev–Trinajstić information content (AvgIpc) is 2.03. The highest BCUT2D eigenvalue weighted by molar-refractivity contribution is 9.10. The van der Waals surface area contributed by atoms with E-state index in [4.69, 9.17) is 25.1 Å². The Morgan fingerprint density at radius 1 is 1.21 bits per heavy atom. The molecule has 80 valence electrons. The summed E-state index contributed by atoms with van der Waals surface area (Å²) in [4.78, 5) is 21.6. The average molecular weight is 285 g/mol. The van der Waals surface area contributed by atoms with Crippen LogP contribution in [0, 0.1) is 0 Å². The quantitative estimate of drug-likeness (QED) is 0.262. The molecule has 1 aromatic rings. The Kier molecular flexibility index (Phi) is 5.94. The Bertz CT molecular complexity index is 294. The molecule has 5 N–H and O–H groups in total. The third-order valence-electron chi connectivity index (χ3n) is 1.00. The second-order valence-electron chi connectivity index (χ2n) is 2.16. The monoisotopic (exact) mass is 284 g/mol. The number of hydrazine groups is 1. The number of hydrogen-bond donors (Lipinski definition) is 4. The smallest absolute Gasteiger partial charge is 0.303 e. The van der Waals surface area contributed by atoms with Crippen LogP contribution in [0.2, 0.25) is 0 Å². The van der Waals surface area contributed by atoms with E-state index in [0.29, 0.717) is 0 Å². The molecule has 0 radical (unpaired) electrons. The van der Waals surface area contributed by atoms with E-state index in [1.807, 2.05) is 30.3 Å². The molecule has 0 unspecified atom stereocenters. The van der Waals surface area contributed by atoms with E-state index in [1.54, 1.807) is 0 Å². The lowest BCUT2D eigenvalue weighted by atomic mass is 10.3. The molecule has 0 fully saturated rings. The van der Waals surface area contributed by atoms with Crippen LogP contribution in [0.1, 0.15) is 0 Å². The van der Waals surface area contributed by atoms with E-state index in [9.17, 15) is 0 Å². The molecule has 0 heterocycles. The molecular weight excluding hydrogens is 275 g/mol. The lowest BCUT2D eigenvalue weighted by Crippen LogP contribution is -2.16. The normalized spacial score (nSPS) is 10.1. The number of rotatable bonds is 1.